The van der Waals surface area contributed by atoms with E-state index in [1.165, 1.54) is 4.90 Å². The Morgan fingerprint density at radius 2 is 1.73 bits per heavy atom. The molecule has 7 nitrogen and oxygen atoms in total. The highest BCUT2D eigenvalue weighted by Crippen LogP contribution is 2.26. The van der Waals surface area contributed by atoms with Crippen molar-refractivity contribution in [2.75, 3.05) is 19.6 Å². The Morgan fingerprint density at radius 3 is 2.40 bits per heavy atom. The third-order valence-electron chi connectivity index (χ3n) is 5.54. The molecule has 7 heteroatoms. The van der Waals surface area contributed by atoms with Crippen molar-refractivity contribution in [3.63, 3.8) is 0 Å². The minimum Gasteiger partial charge on any atom is -0.352 e. The SMILES string of the molecule is Cc1cccc(C2C(=O)NCCN2C(=O)CCCN2C(=O)c3ccccc3C2=O)c1. The summed E-state index contributed by atoms with van der Waals surface area (Å²) in [5, 5.41) is 2.83. The molecule has 0 radical (unpaired) electrons. The van der Waals surface area contributed by atoms with Gasteiger partial charge in [0.05, 0.1) is 11.1 Å². The number of aryl methyl sites for hydroxylation is 1. The van der Waals surface area contributed by atoms with Crippen molar-refractivity contribution >= 4 is 23.6 Å². The Balaban J connectivity index is 1.41. The van der Waals surface area contributed by atoms with Gasteiger partial charge in [-0.2, -0.15) is 0 Å². The van der Waals surface area contributed by atoms with Gasteiger partial charge in [-0.1, -0.05) is 42.0 Å². The predicted molar refractivity (Wildman–Crippen MR) is 110 cm³/mol. The molecule has 0 spiro atoms. The molecule has 1 saturated heterocycles. The van der Waals surface area contributed by atoms with E-state index in [2.05, 4.69) is 5.32 Å². The van der Waals surface area contributed by atoms with E-state index in [1.54, 1.807) is 29.2 Å². The number of rotatable bonds is 5. The van der Waals surface area contributed by atoms with Crippen LogP contribution in [0.3, 0.4) is 0 Å². The van der Waals surface area contributed by atoms with Crippen molar-refractivity contribution < 1.29 is 19.2 Å². The third kappa shape index (κ3) is 3.58. The van der Waals surface area contributed by atoms with Crippen LogP contribution in [0.25, 0.3) is 0 Å². The molecule has 2 aliphatic heterocycles. The van der Waals surface area contributed by atoms with Crippen LogP contribution in [0.15, 0.2) is 48.5 Å². The van der Waals surface area contributed by atoms with Crippen LogP contribution in [0.1, 0.15) is 50.7 Å². The molecule has 4 amide bonds. The maximum absolute atomic E-state index is 12.9. The summed E-state index contributed by atoms with van der Waals surface area (Å²) in [5.41, 5.74) is 2.60. The highest BCUT2D eigenvalue weighted by atomic mass is 16.2. The van der Waals surface area contributed by atoms with Gasteiger partial charge in [-0.05, 0) is 31.0 Å². The fourth-order valence-electron chi connectivity index (χ4n) is 4.08. The van der Waals surface area contributed by atoms with E-state index in [0.29, 0.717) is 30.6 Å². The molecular formula is C23H23N3O4. The van der Waals surface area contributed by atoms with Crippen LogP contribution in [0, 0.1) is 6.92 Å². The fraction of sp³-hybridized carbons (Fsp3) is 0.304. The number of imide groups is 1. The monoisotopic (exact) mass is 405 g/mol. The van der Waals surface area contributed by atoms with E-state index < -0.39 is 6.04 Å². The average Bonchev–Trinajstić information content (AvgIpc) is 2.98. The first-order valence-corrected chi connectivity index (χ1v) is 10.1. The molecule has 1 N–H and O–H groups in total. The average molecular weight is 405 g/mol. The first-order chi connectivity index (χ1) is 14.5. The summed E-state index contributed by atoms with van der Waals surface area (Å²) in [6.45, 7) is 2.95. The molecule has 0 aliphatic carbocycles. The van der Waals surface area contributed by atoms with Gasteiger partial charge in [0.1, 0.15) is 6.04 Å². The van der Waals surface area contributed by atoms with Crippen LogP contribution in [-0.2, 0) is 9.59 Å². The molecule has 2 aliphatic rings. The quantitative estimate of drug-likeness (QED) is 0.772. The van der Waals surface area contributed by atoms with Gasteiger partial charge < -0.3 is 10.2 Å². The summed E-state index contributed by atoms with van der Waals surface area (Å²) >= 11 is 0. The number of carbonyl (C=O) groups excluding carboxylic acids is 4. The van der Waals surface area contributed by atoms with E-state index in [-0.39, 0.29) is 36.6 Å². The maximum atomic E-state index is 12.9. The molecule has 1 fully saturated rings. The standard InChI is InChI=1S/C23H23N3O4/c1-15-6-4-7-16(14-15)20-21(28)24-11-13-25(20)19(27)10-5-12-26-22(29)17-8-2-3-9-18(17)23(26)30/h2-4,6-9,14,20H,5,10-13H2,1H3,(H,24,28). The highest BCUT2D eigenvalue weighted by Gasteiger charge is 2.36. The van der Waals surface area contributed by atoms with Crippen molar-refractivity contribution in [3.8, 4) is 0 Å². The minimum atomic E-state index is -0.662. The Bertz CT molecular complexity index is 998. The lowest BCUT2D eigenvalue weighted by atomic mass is 10.00. The van der Waals surface area contributed by atoms with Crippen LogP contribution >= 0.6 is 0 Å². The molecule has 1 unspecified atom stereocenters. The van der Waals surface area contributed by atoms with Crippen LogP contribution in [-0.4, -0.2) is 53.1 Å². The molecule has 4 rings (SSSR count). The van der Waals surface area contributed by atoms with Gasteiger partial charge >= 0.3 is 0 Å². The molecule has 1 atom stereocenters. The molecule has 2 aromatic carbocycles. The predicted octanol–water partition coefficient (Wildman–Crippen LogP) is 2.07. The number of hydrogen-bond donors (Lipinski definition) is 1. The molecular weight excluding hydrogens is 382 g/mol. The number of piperazine rings is 1. The number of hydrogen-bond acceptors (Lipinski definition) is 4. The number of fused-ring (bicyclic) bond motifs is 1. The number of carbonyl (C=O) groups is 4. The Kier molecular flexibility index (Phi) is 5.35. The van der Waals surface area contributed by atoms with E-state index in [0.717, 1.165) is 11.1 Å². The zero-order valence-electron chi connectivity index (χ0n) is 16.8. The second-order valence-electron chi connectivity index (χ2n) is 7.61. The number of amides is 4. The van der Waals surface area contributed by atoms with Gasteiger partial charge in [-0.15, -0.1) is 0 Å². The van der Waals surface area contributed by atoms with E-state index in [4.69, 9.17) is 0 Å². The van der Waals surface area contributed by atoms with E-state index in [9.17, 15) is 19.2 Å². The van der Waals surface area contributed by atoms with Crippen molar-refractivity contribution in [2.24, 2.45) is 0 Å². The molecule has 0 aromatic heterocycles. The Labute approximate surface area is 174 Å². The van der Waals surface area contributed by atoms with Crippen molar-refractivity contribution in [3.05, 3.63) is 70.8 Å². The van der Waals surface area contributed by atoms with E-state index in [1.807, 2.05) is 31.2 Å². The first-order valence-electron chi connectivity index (χ1n) is 10.1. The first kappa shape index (κ1) is 19.8. The summed E-state index contributed by atoms with van der Waals surface area (Å²) in [5.74, 6) is -0.996. The van der Waals surface area contributed by atoms with Gasteiger partial charge in [0, 0.05) is 26.1 Å². The van der Waals surface area contributed by atoms with Crippen LogP contribution in [0.2, 0.25) is 0 Å². The number of benzene rings is 2. The highest BCUT2D eigenvalue weighted by molar-refractivity contribution is 6.21. The molecule has 154 valence electrons. The fourth-order valence-corrected chi connectivity index (χ4v) is 4.08. The third-order valence-corrected chi connectivity index (χ3v) is 5.54. The zero-order valence-corrected chi connectivity index (χ0v) is 16.8. The normalized spacial score (nSPS) is 18.4. The summed E-state index contributed by atoms with van der Waals surface area (Å²) in [7, 11) is 0. The van der Waals surface area contributed by atoms with E-state index >= 15 is 0 Å². The van der Waals surface area contributed by atoms with Gasteiger partial charge in [0.2, 0.25) is 11.8 Å². The smallest absolute Gasteiger partial charge is 0.261 e. The second-order valence-corrected chi connectivity index (χ2v) is 7.61. The molecule has 2 aromatic rings. The van der Waals surface area contributed by atoms with Gasteiger partial charge in [-0.3, -0.25) is 24.1 Å². The van der Waals surface area contributed by atoms with Gasteiger partial charge in [0.15, 0.2) is 0 Å². The number of nitrogens with one attached hydrogen (secondary N) is 1. The Hall–Kier alpha value is -3.48. The summed E-state index contributed by atoms with van der Waals surface area (Å²) < 4.78 is 0. The van der Waals surface area contributed by atoms with Gasteiger partial charge in [0.25, 0.3) is 11.8 Å². The zero-order chi connectivity index (χ0) is 21.3. The summed E-state index contributed by atoms with van der Waals surface area (Å²) in [6, 6.07) is 13.6. The lowest BCUT2D eigenvalue weighted by molar-refractivity contribution is -0.143. The molecule has 0 bridgehead atoms. The topological polar surface area (TPSA) is 86.8 Å². The second kappa shape index (κ2) is 8.10. The Morgan fingerprint density at radius 1 is 1.03 bits per heavy atom. The van der Waals surface area contributed by atoms with Crippen molar-refractivity contribution in [2.45, 2.75) is 25.8 Å². The molecule has 0 saturated carbocycles. The van der Waals surface area contributed by atoms with Crippen LogP contribution in [0.5, 0.6) is 0 Å². The molecule has 2 heterocycles. The summed E-state index contributed by atoms with van der Waals surface area (Å²) in [6.07, 6.45) is 0.506. The van der Waals surface area contributed by atoms with Crippen LogP contribution in [0.4, 0.5) is 0 Å². The minimum absolute atomic E-state index is 0.156. The largest absolute Gasteiger partial charge is 0.352 e. The lowest BCUT2D eigenvalue weighted by Crippen LogP contribution is -2.52. The van der Waals surface area contributed by atoms with Crippen molar-refractivity contribution in [1.82, 2.24) is 15.1 Å². The van der Waals surface area contributed by atoms with Crippen LogP contribution < -0.4 is 5.32 Å². The summed E-state index contributed by atoms with van der Waals surface area (Å²) in [4.78, 5) is 53.1. The number of nitrogens with zero attached hydrogens (tertiary/aromatic N) is 2. The maximum Gasteiger partial charge on any atom is 0.261 e. The lowest BCUT2D eigenvalue weighted by Gasteiger charge is -2.35. The molecule has 30 heavy (non-hydrogen) atoms. The van der Waals surface area contributed by atoms with Gasteiger partial charge in [-0.25, -0.2) is 0 Å². The van der Waals surface area contributed by atoms with Crippen molar-refractivity contribution in [1.29, 1.82) is 0 Å².